The summed E-state index contributed by atoms with van der Waals surface area (Å²) in [5, 5.41) is 1.05. The molecule has 1 amide bonds. The quantitative estimate of drug-likeness (QED) is 0.205. The van der Waals surface area contributed by atoms with Gasteiger partial charge in [-0.15, -0.1) is 0 Å². The van der Waals surface area contributed by atoms with E-state index in [1.165, 1.54) is 29.0 Å². The van der Waals surface area contributed by atoms with Crippen LogP contribution in [-0.2, 0) is 24.2 Å². The molecular formula is C29H25FN2OS2. The molecule has 1 aromatic heterocycles. The van der Waals surface area contributed by atoms with Gasteiger partial charge in [-0.1, -0.05) is 97.6 Å². The second-order valence-electron chi connectivity index (χ2n) is 8.54. The molecule has 1 fully saturated rings. The van der Waals surface area contributed by atoms with Crippen LogP contribution in [0.2, 0.25) is 0 Å². The molecule has 0 unspecified atom stereocenters. The molecule has 3 aromatic carbocycles. The lowest BCUT2D eigenvalue weighted by Gasteiger charge is -2.14. The zero-order valence-electron chi connectivity index (χ0n) is 19.4. The summed E-state index contributed by atoms with van der Waals surface area (Å²) in [4.78, 5) is 15.5. The van der Waals surface area contributed by atoms with Crippen molar-refractivity contribution in [2.45, 2.75) is 26.3 Å². The molecule has 1 saturated heterocycles. The number of hydrogen-bond donors (Lipinski definition) is 0. The van der Waals surface area contributed by atoms with Gasteiger partial charge in [0.25, 0.3) is 5.91 Å². The van der Waals surface area contributed by atoms with Crippen molar-refractivity contribution in [2.24, 2.45) is 0 Å². The first-order valence-electron chi connectivity index (χ1n) is 11.7. The molecule has 0 atom stereocenters. The van der Waals surface area contributed by atoms with Crippen LogP contribution in [0.5, 0.6) is 0 Å². The van der Waals surface area contributed by atoms with Gasteiger partial charge in [-0.3, -0.25) is 9.69 Å². The van der Waals surface area contributed by atoms with E-state index in [4.69, 9.17) is 12.2 Å². The molecule has 6 heteroatoms. The van der Waals surface area contributed by atoms with Crippen LogP contribution in [-0.4, -0.2) is 26.2 Å². The fourth-order valence-electron chi connectivity index (χ4n) is 4.52. The smallest absolute Gasteiger partial charge is 0.266 e. The fourth-order valence-corrected chi connectivity index (χ4v) is 5.82. The molecule has 1 aliphatic heterocycles. The van der Waals surface area contributed by atoms with Crippen LogP contribution in [0.25, 0.3) is 17.0 Å². The van der Waals surface area contributed by atoms with Crippen LogP contribution in [0.15, 0.2) is 83.9 Å². The number of carbonyl (C=O) groups excluding carboxylic acids is 1. The minimum atomic E-state index is -0.218. The van der Waals surface area contributed by atoms with Gasteiger partial charge in [0.2, 0.25) is 0 Å². The Morgan fingerprint density at radius 1 is 0.971 bits per heavy atom. The number of rotatable bonds is 7. The average molecular weight is 501 g/mol. The molecule has 4 aromatic rings. The van der Waals surface area contributed by atoms with E-state index < -0.39 is 0 Å². The highest BCUT2D eigenvalue weighted by atomic mass is 32.2. The molecule has 3 nitrogen and oxygen atoms in total. The topological polar surface area (TPSA) is 25.2 Å². The number of halogens is 1. The Hall–Kier alpha value is -3.22. The summed E-state index contributed by atoms with van der Waals surface area (Å²) in [5.74, 6) is -0.276. The first-order chi connectivity index (χ1) is 17.0. The highest BCUT2D eigenvalue weighted by molar-refractivity contribution is 8.26. The lowest BCUT2D eigenvalue weighted by Crippen LogP contribution is -2.30. The number of fused-ring (bicyclic) bond motifs is 1. The van der Waals surface area contributed by atoms with Crippen LogP contribution in [0, 0.1) is 5.82 Å². The third kappa shape index (κ3) is 4.81. The fraction of sp³-hybridized carbons (Fsp3) is 0.172. The Morgan fingerprint density at radius 3 is 2.49 bits per heavy atom. The zero-order chi connectivity index (χ0) is 24.4. The van der Waals surface area contributed by atoms with Crippen molar-refractivity contribution in [3.63, 3.8) is 0 Å². The summed E-state index contributed by atoms with van der Waals surface area (Å²) < 4.78 is 17.1. The lowest BCUT2D eigenvalue weighted by molar-refractivity contribution is -0.122. The first kappa shape index (κ1) is 23.5. The Balaban J connectivity index is 1.48. The minimum absolute atomic E-state index is 0.0578. The van der Waals surface area contributed by atoms with Crippen LogP contribution in [0.4, 0.5) is 4.39 Å². The van der Waals surface area contributed by atoms with Gasteiger partial charge in [0.05, 0.1) is 17.0 Å². The molecular weight excluding hydrogens is 475 g/mol. The lowest BCUT2D eigenvalue weighted by atomic mass is 10.1. The Labute approximate surface area is 214 Å². The van der Waals surface area contributed by atoms with E-state index in [2.05, 4.69) is 35.8 Å². The van der Waals surface area contributed by atoms with Gasteiger partial charge < -0.3 is 4.57 Å². The van der Waals surface area contributed by atoms with E-state index in [0.717, 1.165) is 29.3 Å². The van der Waals surface area contributed by atoms with E-state index >= 15 is 0 Å². The third-order valence-electron chi connectivity index (χ3n) is 6.32. The third-order valence-corrected chi connectivity index (χ3v) is 7.70. The van der Waals surface area contributed by atoms with Gasteiger partial charge >= 0.3 is 0 Å². The van der Waals surface area contributed by atoms with E-state index in [-0.39, 0.29) is 11.7 Å². The van der Waals surface area contributed by atoms with E-state index in [0.29, 0.717) is 27.9 Å². The summed E-state index contributed by atoms with van der Waals surface area (Å²) >= 11 is 6.89. The number of aryl methyl sites for hydroxylation is 1. The second-order valence-corrected chi connectivity index (χ2v) is 10.2. The molecule has 35 heavy (non-hydrogen) atoms. The molecule has 0 spiro atoms. The van der Waals surface area contributed by atoms with Crippen molar-refractivity contribution in [3.05, 3.63) is 112 Å². The monoisotopic (exact) mass is 500 g/mol. The van der Waals surface area contributed by atoms with Gasteiger partial charge in [-0.2, -0.15) is 0 Å². The van der Waals surface area contributed by atoms with Crippen molar-refractivity contribution in [1.29, 1.82) is 0 Å². The number of benzene rings is 3. The number of amides is 1. The number of para-hydroxylation sites is 1. The first-order valence-corrected chi connectivity index (χ1v) is 12.9. The van der Waals surface area contributed by atoms with Crippen molar-refractivity contribution in [2.75, 3.05) is 6.54 Å². The molecule has 0 saturated carbocycles. The highest BCUT2D eigenvalue weighted by Gasteiger charge is 2.32. The van der Waals surface area contributed by atoms with Crippen molar-refractivity contribution < 1.29 is 9.18 Å². The number of aromatic nitrogens is 1. The summed E-state index contributed by atoms with van der Waals surface area (Å²) in [7, 11) is 0. The van der Waals surface area contributed by atoms with Gasteiger partial charge in [0, 0.05) is 29.3 Å². The molecule has 5 rings (SSSR count). The summed E-state index contributed by atoms with van der Waals surface area (Å²) in [6, 6.07) is 23.2. The van der Waals surface area contributed by atoms with Gasteiger partial charge in [0.1, 0.15) is 10.1 Å². The Morgan fingerprint density at radius 2 is 1.71 bits per heavy atom. The summed E-state index contributed by atoms with van der Waals surface area (Å²) in [6.45, 7) is 3.10. The van der Waals surface area contributed by atoms with Crippen molar-refractivity contribution >= 4 is 51.2 Å². The normalized spacial score (nSPS) is 15.0. The zero-order valence-corrected chi connectivity index (χ0v) is 21.0. The van der Waals surface area contributed by atoms with E-state index in [9.17, 15) is 9.18 Å². The van der Waals surface area contributed by atoms with Crippen LogP contribution in [0.1, 0.15) is 29.2 Å². The van der Waals surface area contributed by atoms with Crippen LogP contribution in [0.3, 0.4) is 0 Å². The molecule has 2 heterocycles. The largest absolute Gasteiger partial charge is 0.342 e. The summed E-state index contributed by atoms with van der Waals surface area (Å²) in [6.07, 6.45) is 5.57. The van der Waals surface area contributed by atoms with Crippen molar-refractivity contribution in [3.8, 4) is 0 Å². The Kier molecular flexibility index (Phi) is 6.84. The number of nitrogens with zero attached hydrogens (tertiary/aromatic N) is 2. The van der Waals surface area contributed by atoms with E-state index in [1.807, 2.05) is 48.7 Å². The molecule has 0 N–H and O–H groups in total. The van der Waals surface area contributed by atoms with Gasteiger partial charge in [-0.05, 0) is 36.1 Å². The molecule has 0 radical (unpaired) electrons. The second kappa shape index (κ2) is 10.2. The molecule has 176 valence electrons. The maximum Gasteiger partial charge on any atom is 0.266 e. The van der Waals surface area contributed by atoms with Crippen LogP contribution >= 0.6 is 24.0 Å². The minimum Gasteiger partial charge on any atom is -0.342 e. The SMILES string of the molecule is CCc1cccc2c(/C=C3\SC(=S)N(CCc4ccccc4)C3=O)cn(Cc3ccccc3F)c12. The van der Waals surface area contributed by atoms with E-state index in [1.54, 1.807) is 11.0 Å². The predicted octanol–water partition coefficient (Wildman–Crippen LogP) is 6.84. The number of thioether (sulfide) groups is 1. The molecule has 1 aliphatic rings. The molecule has 0 bridgehead atoms. The Bertz CT molecular complexity index is 1440. The maximum absolute atomic E-state index is 14.4. The van der Waals surface area contributed by atoms with Crippen molar-refractivity contribution in [1.82, 2.24) is 9.47 Å². The molecule has 0 aliphatic carbocycles. The van der Waals surface area contributed by atoms with Crippen LogP contribution < -0.4 is 0 Å². The number of carbonyl (C=O) groups is 1. The number of hydrogen-bond acceptors (Lipinski definition) is 3. The van der Waals surface area contributed by atoms with Gasteiger partial charge in [-0.25, -0.2) is 4.39 Å². The standard InChI is InChI=1S/C29H25FN2OS2/c1-2-21-12-8-13-24-23(19-31(27(21)24)18-22-11-6-7-14-25(22)30)17-26-28(33)32(29(34)35-26)16-15-20-9-4-3-5-10-20/h3-14,17,19H,2,15-16,18H2,1H3/b26-17-. The predicted molar refractivity (Wildman–Crippen MR) is 147 cm³/mol. The highest BCUT2D eigenvalue weighted by Crippen LogP contribution is 2.35. The average Bonchev–Trinajstić information content (AvgIpc) is 3.36. The summed E-state index contributed by atoms with van der Waals surface area (Å²) in [5.41, 5.74) is 5.01. The number of thiocarbonyl (C=S) groups is 1. The maximum atomic E-state index is 14.4. The van der Waals surface area contributed by atoms with Gasteiger partial charge in [0.15, 0.2) is 0 Å².